The number of benzene rings is 1. The van der Waals surface area contributed by atoms with Gasteiger partial charge in [-0.05, 0) is 45.0 Å². The van der Waals surface area contributed by atoms with E-state index in [9.17, 15) is 0 Å². The number of aromatic nitrogens is 2. The summed E-state index contributed by atoms with van der Waals surface area (Å²) in [7, 11) is 0. The van der Waals surface area contributed by atoms with E-state index in [0.29, 0.717) is 0 Å². The molecule has 0 bridgehead atoms. The Morgan fingerprint density at radius 3 is 2.58 bits per heavy atom. The number of hydrogen-bond acceptors (Lipinski definition) is 3. The van der Waals surface area contributed by atoms with E-state index in [0.717, 1.165) is 30.3 Å². The first-order valence-electron chi connectivity index (χ1n) is 6.73. The quantitative estimate of drug-likeness (QED) is 0.911. The first-order chi connectivity index (χ1) is 9.10. The highest BCUT2D eigenvalue weighted by Gasteiger charge is 2.07. The molecule has 0 amide bonds. The Morgan fingerprint density at radius 2 is 1.84 bits per heavy atom. The zero-order valence-corrected chi connectivity index (χ0v) is 12.1. The van der Waals surface area contributed by atoms with Gasteiger partial charge >= 0.3 is 0 Å². The summed E-state index contributed by atoms with van der Waals surface area (Å²) in [5.74, 6) is 0.859. The second-order valence-corrected chi connectivity index (χ2v) is 4.91. The maximum atomic E-state index is 4.67. The van der Waals surface area contributed by atoms with Gasteiger partial charge in [0.05, 0.1) is 12.2 Å². The molecule has 0 aliphatic heterocycles. The molecule has 0 aliphatic rings. The smallest absolute Gasteiger partial charge is 0.143 e. The molecule has 2 aromatic rings. The molecule has 3 heteroatoms. The fourth-order valence-corrected chi connectivity index (χ4v) is 2.10. The van der Waals surface area contributed by atoms with Crippen molar-refractivity contribution in [3.63, 3.8) is 0 Å². The summed E-state index contributed by atoms with van der Waals surface area (Å²) in [6.45, 7) is 9.98. The summed E-state index contributed by atoms with van der Waals surface area (Å²) in [6.07, 6.45) is 0. The normalized spacial score (nSPS) is 10.7. The van der Waals surface area contributed by atoms with Crippen molar-refractivity contribution in [2.75, 3.05) is 6.54 Å². The molecule has 1 aromatic carbocycles. The van der Waals surface area contributed by atoms with Crippen molar-refractivity contribution in [2.24, 2.45) is 0 Å². The molecule has 19 heavy (non-hydrogen) atoms. The first kappa shape index (κ1) is 13.7. The molecule has 3 nitrogen and oxygen atoms in total. The van der Waals surface area contributed by atoms with Crippen LogP contribution in [0.25, 0.3) is 11.3 Å². The lowest BCUT2D eigenvalue weighted by Crippen LogP contribution is -2.15. The SMILES string of the molecule is CCNCc1nc(C)cc(-c2cc(C)ccc2C)n1. The Bertz CT molecular complexity index is 576. The van der Waals surface area contributed by atoms with Crippen molar-refractivity contribution in [3.8, 4) is 11.3 Å². The highest BCUT2D eigenvalue weighted by Crippen LogP contribution is 2.23. The number of hydrogen-bond donors (Lipinski definition) is 1. The van der Waals surface area contributed by atoms with Crippen molar-refractivity contribution in [3.05, 3.63) is 46.9 Å². The van der Waals surface area contributed by atoms with E-state index in [2.05, 4.69) is 60.3 Å². The zero-order valence-electron chi connectivity index (χ0n) is 12.1. The van der Waals surface area contributed by atoms with Crippen molar-refractivity contribution >= 4 is 0 Å². The molecule has 0 atom stereocenters. The molecule has 0 saturated carbocycles. The minimum Gasteiger partial charge on any atom is -0.310 e. The Balaban J connectivity index is 2.43. The molecule has 0 spiro atoms. The van der Waals surface area contributed by atoms with E-state index in [1.165, 1.54) is 16.7 Å². The van der Waals surface area contributed by atoms with Crippen LogP contribution in [0.3, 0.4) is 0 Å². The van der Waals surface area contributed by atoms with E-state index in [1.807, 2.05) is 6.92 Å². The van der Waals surface area contributed by atoms with Gasteiger partial charge in [-0.15, -0.1) is 0 Å². The van der Waals surface area contributed by atoms with Crippen LogP contribution in [0, 0.1) is 20.8 Å². The summed E-state index contributed by atoms with van der Waals surface area (Å²) in [6, 6.07) is 8.52. The van der Waals surface area contributed by atoms with Gasteiger partial charge in [-0.25, -0.2) is 9.97 Å². The van der Waals surface area contributed by atoms with Gasteiger partial charge in [-0.3, -0.25) is 0 Å². The predicted octanol–water partition coefficient (Wildman–Crippen LogP) is 3.18. The minimum absolute atomic E-state index is 0.718. The standard InChI is InChI=1S/C16H21N3/c1-5-17-10-16-18-13(4)9-15(19-16)14-8-11(2)6-7-12(14)3/h6-9,17H,5,10H2,1-4H3. The van der Waals surface area contributed by atoms with Crippen LogP contribution in [0.5, 0.6) is 0 Å². The summed E-state index contributed by atoms with van der Waals surface area (Å²) in [5.41, 5.74) is 5.73. The number of aryl methyl sites for hydroxylation is 3. The van der Waals surface area contributed by atoms with Gasteiger partial charge in [0.1, 0.15) is 5.82 Å². The van der Waals surface area contributed by atoms with Crippen LogP contribution >= 0.6 is 0 Å². The number of nitrogens with one attached hydrogen (secondary N) is 1. The van der Waals surface area contributed by atoms with Gasteiger partial charge in [0.2, 0.25) is 0 Å². The van der Waals surface area contributed by atoms with E-state index >= 15 is 0 Å². The van der Waals surface area contributed by atoms with E-state index in [1.54, 1.807) is 0 Å². The van der Waals surface area contributed by atoms with Gasteiger partial charge in [-0.2, -0.15) is 0 Å². The number of rotatable bonds is 4. The Morgan fingerprint density at radius 1 is 1.05 bits per heavy atom. The third-order valence-electron chi connectivity index (χ3n) is 3.10. The average molecular weight is 255 g/mol. The van der Waals surface area contributed by atoms with E-state index < -0.39 is 0 Å². The molecule has 0 radical (unpaired) electrons. The Kier molecular flexibility index (Phi) is 4.27. The van der Waals surface area contributed by atoms with Crippen molar-refractivity contribution in [2.45, 2.75) is 34.2 Å². The molecule has 1 aromatic heterocycles. The topological polar surface area (TPSA) is 37.8 Å². The van der Waals surface area contributed by atoms with Crippen molar-refractivity contribution in [1.29, 1.82) is 0 Å². The predicted molar refractivity (Wildman–Crippen MR) is 79.1 cm³/mol. The molecule has 1 N–H and O–H groups in total. The summed E-state index contributed by atoms with van der Waals surface area (Å²) < 4.78 is 0. The fourth-order valence-electron chi connectivity index (χ4n) is 2.10. The van der Waals surface area contributed by atoms with Crippen LogP contribution in [-0.2, 0) is 6.54 Å². The second kappa shape index (κ2) is 5.93. The van der Waals surface area contributed by atoms with Gasteiger partial charge < -0.3 is 5.32 Å². The third kappa shape index (κ3) is 3.38. The molecule has 100 valence electrons. The van der Waals surface area contributed by atoms with Gasteiger partial charge in [-0.1, -0.05) is 24.6 Å². The molecular weight excluding hydrogens is 234 g/mol. The maximum Gasteiger partial charge on any atom is 0.143 e. The molecule has 2 rings (SSSR count). The Labute approximate surface area is 115 Å². The molecular formula is C16H21N3. The van der Waals surface area contributed by atoms with Crippen LogP contribution in [0.1, 0.15) is 29.6 Å². The van der Waals surface area contributed by atoms with Crippen LogP contribution in [0.15, 0.2) is 24.3 Å². The number of nitrogens with zero attached hydrogens (tertiary/aromatic N) is 2. The lowest BCUT2D eigenvalue weighted by Gasteiger charge is -2.09. The largest absolute Gasteiger partial charge is 0.310 e. The minimum atomic E-state index is 0.718. The average Bonchev–Trinajstić information content (AvgIpc) is 2.38. The Hall–Kier alpha value is -1.74. The lowest BCUT2D eigenvalue weighted by atomic mass is 10.0. The van der Waals surface area contributed by atoms with Crippen LogP contribution in [0.2, 0.25) is 0 Å². The highest BCUT2D eigenvalue weighted by molar-refractivity contribution is 5.64. The summed E-state index contributed by atoms with van der Waals surface area (Å²) in [5, 5.41) is 3.27. The van der Waals surface area contributed by atoms with Crippen LogP contribution in [-0.4, -0.2) is 16.5 Å². The van der Waals surface area contributed by atoms with Gasteiger partial charge in [0.15, 0.2) is 0 Å². The maximum absolute atomic E-state index is 4.67. The van der Waals surface area contributed by atoms with E-state index in [-0.39, 0.29) is 0 Å². The summed E-state index contributed by atoms with van der Waals surface area (Å²) >= 11 is 0. The molecule has 0 aliphatic carbocycles. The monoisotopic (exact) mass is 255 g/mol. The summed E-state index contributed by atoms with van der Waals surface area (Å²) in [4.78, 5) is 9.15. The highest BCUT2D eigenvalue weighted by atomic mass is 15.0. The second-order valence-electron chi connectivity index (χ2n) is 4.91. The zero-order chi connectivity index (χ0) is 13.8. The fraction of sp³-hybridized carbons (Fsp3) is 0.375. The van der Waals surface area contributed by atoms with Crippen molar-refractivity contribution in [1.82, 2.24) is 15.3 Å². The van der Waals surface area contributed by atoms with E-state index in [4.69, 9.17) is 0 Å². The van der Waals surface area contributed by atoms with Crippen LogP contribution < -0.4 is 5.32 Å². The third-order valence-corrected chi connectivity index (χ3v) is 3.10. The van der Waals surface area contributed by atoms with Crippen LogP contribution in [0.4, 0.5) is 0 Å². The molecule has 0 fully saturated rings. The van der Waals surface area contributed by atoms with Gasteiger partial charge in [0.25, 0.3) is 0 Å². The molecule has 1 heterocycles. The molecule has 0 unspecified atom stereocenters. The molecule has 0 saturated heterocycles. The first-order valence-corrected chi connectivity index (χ1v) is 6.73. The lowest BCUT2D eigenvalue weighted by molar-refractivity contribution is 0.688. The van der Waals surface area contributed by atoms with Crippen molar-refractivity contribution < 1.29 is 0 Å². The van der Waals surface area contributed by atoms with Gasteiger partial charge in [0, 0.05) is 11.3 Å².